The van der Waals surface area contributed by atoms with Gasteiger partial charge in [0.25, 0.3) is 0 Å². The van der Waals surface area contributed by atoms with Crippen LogP contribution in [0.1, 0.15) is 118 Å². The highest BCUT2D eigenvalue weighted by molar-refractivity contribution is 5.95. The minimum absolute atomic E-state index is 0.0384. The van der Waals surface area contributed by atoms with Gasteiger partial charge in [-0.1, -0.05) is 83.8 Å². The molecule has 6 heteroatoms. The Hall–Kier alpha value is -3.30. The molecule has 1 heterocycles. The van der Waals surface area contributed by atoms with Gasteiger partial charge in [0.05, 0.1) is 17.3 Å². The third-order valence-electron chi connectivity index (χ3n) is 8.96. The number of aromatic nitrogens is 2. The highest BCUT2D eigenvalue weighted by Gasteiger charge is 2.21. The number of hydrogen-bond acceptors (Lipinski definition) is 4. The van der Waals surface area contributed by atoms with Crippen LogP contribution >= 0.6 is 0 Å². The van der Waals surface area contributed by atoms with Crippen LogP contribution in [0.3, 0.4) is 0 Å². The Morgan fingerprint density at radius 2 is 1.83 bits per heavy atom. The number of halogens is 1. The van der Waals surface area contributed by atoms with Gasteiger partial charge < -0.3 is 5.73 Å². The molecule has 0 radical (unpaired) electrons. The van der Waals surface area contributed by atoms with E-state index >= 15 is 4.39 Å². The number of aryl methyl sites for hydroxylation is 1. The molecule has 1 aliphatic rings. The van der Waals surface area contributed by atoms with Crippen molar-refractivity contribution in [2.45, 2.75) is 110 Å². The van der Waals surface area contributed by atoms with E-state index in [2.05, 4.69) is 25.0 Å². The van der Waals surface area contributed by atoms with Crippen molar-refractivity contribution in [3.8, 4) is 23.0 Å². The molecule has 5 nitrogen and oxygen atoms in total. The van der Waals surface area contributed by atoms with Crippen molar-refractivity contribution < 1.29 is 9.18 Å². The van der Waals surface area contributed by atoms with Gasteiger partial charge in [0.2, 0.25) is 0 Å². The van der Waals surface area contributed by atoms with Gasteiger partial charge in [0.1, 0.15) is 17.2 Å². The number of ketones is 1. The summed E-state index contributed by atoms with van der Waals surface area (Å²) in [5.74, 6) is 0.451. The molecular weight excluding hydrogens is 523 g/mol. The quantitative estimate of drug-likeness (QED) is 0.126. The predicted molar refractivity (Wildman–Crippen MR) is 168 cm³/mol. The maximum atomic E-state index is 15.7. The smallest absolute Gasteiger partial charge is 0.183 e. The monoisotopic (exact) mass is 570 g/mol. The Kier molecular flexibility index (Phi) is 11.5. The molecule has 0 aliphatic heterocycles. The zero-order chi connectivity index (χ0) is 30.1. The second-order valence-electron chi connectivity index (χ2n) is 12.5. The Bertz CT molecular complexity index is 1380. The van der Waals surface area contributed by atoms with Crippen molar-refractivity contribution in [2.75, 3.05) is 0 Å². The molecular formula is C36H47FN4O. The first kappa shape index (κ1) is 31.6. The number of carbonyl (C=O) groups excluding carboxylic acids is 1. The molecule has 224 valence electrons. The summed E-state index contributed by atoms with van der Waals surface area (Å²) in [5, 5.41) is 14.1. The van der Waals surface area contributed by atoms with Gasteiger partial charge in [-0.25, -0.2) is 9.07 Å². The summed E-state index contributed by atoms with van der Waals surface area (Å²) in [6, 6.07) is 15.2. The van der Waals surface area contributed by atoms with E-state index in [0.717, 1.165) is 55.2 Å². The first-order valence-corrected chi connectivity index (χ1v) is 16.0. The maximum absolute atomic E-state index is 15.7. The van der Waals surface area contributed by atoms with Gasteiger partial charge in [-0.05, 0) is 79.5 Å². The van der Waals surface area contributed by atoms with Crippen molar-refractivity contribution >= 4 is 5.78 Å². The minimum atomic E-state index is -0.339. The molecule has 2 N–H and O–H groups in total. The van der Waals surface area contributed by atoms with Crippen LogP contribution in [0.2, 0.25) is 0 Å². The molecule has 2 atom stereocenters. The van der Waals surface area contributed by atoms with Crippen LogP contribution in [-0.4, -0.2) is 21.6 Å². The van der Waals surface area contributed by atoms with Gasteiger partial charge in [-0.2, -0.15) is 10.4 Å². The van der Waals surface area contributed by atoms with Gasteiger partial charge in [-0.3, -0.25) is 4.79 Å². The molecule has 0 amide bonds. The van der Waals surface area contributed by atoms with Gasteiger partial charge >= 0.3 is 0 Å². The highest BCUT2D eigenvalue weighted by Crippen LogP contribution is 2.30. The van der Waals surface area contributed by atoms with Crippen LogP contribution in [0, 0.1) is 35.9 Å². The number of hydrogen-bond donors (Lipinski definition) is 1. The molecule has 1 aliphatic carbocycles. The number of unbranched alkanes of at least 4 members (excludes halogenated alkanes) is 1. The molecule has 3 aromatic rings. The molecule has 0 saturated heterocycles. The topological polar surface area (TPSA) is 84.7 Å². The average molecular weight is 571 g/mol. The lowest BCUT2D eigenvalue weighted by atomic mass is 9.92. The lowest BCUT2D eigenvalue weighted by molar-refractivity contribution is 0.0956. The molecule has 1 aromatic heterocycles. The van der Waals surface area contributed by atoms with E-state index < -0.39 is 0 Å². The molecule has 1 fully saturated rings. The standard InChI is InChI=1S/C36H47FN4O/c1-4-31(39)14-10-9-11-25(2)19-36(42)33-23-35(29-16-17-30(24-38)26(3)20-29)41(40-33)34-18-15-28(22-32(34)37)21-27-12-7-5-6-8-13-27/h15-18,20,22-23,25,27,31H,4-14,19,21,39H2,1-3H3/t25?,31-/m0/s1. The van der Waals surface area contributed by atoms with E-state index in [1.807, 2.05) is 25.1 Å². The SMILES string of the molecule is CC[C@H](N)CCCCC(C)CC(=O)c1cc(-c2ccc(C#N)c(C)c2)n(-c2ccc(CC3CCCCCC3)cc2F)n1. The summed E-state index contributed by atoms with van der Waals surface area (Å²) in [7, 11) is 0. The second kappa shape index (κ2) is 15.3. The predicted octanol–water partition coefficient (Wildman–Crippen LogP) is 8.88. The fourth-order valence-corrected chi connectivity index (χ4v) is 6.23. The van der Waals surface area contributed by atoms with Crippen molar-refractivity contribution in [1.29, 1.82) is 5.26 Å². The molecule has 1 saturated carbocycles. The van der Waals surface area contributed by atoms with Crippen molar-refractivity contribution in [3.05, 3.63) is 70.7 Å². The van der Waals surface area contributed by atoms with Crippen LogP contribution in [0.15, 0.2) is 42.5 Å². The number of rotatable bonds is 13. The number of nitrogens with zero attached hydrogens (tertiary/aromatic N) is 3. The Morgan fingerprint density at radius 1 is 1.10 bits per heavy atom. The summed E-state index contributed by atoms with van der Waals surface area (Å²) < 4.78 is 17.3. The van der Waals surface area contributed by atoms with E-state index in [4.69, 9.17) is 5.73 Å². The maximum Gasteiger partial charge on any atom is 0.183 e. The van der Waals surface area contributed by atoms with E-state index in [1.165, 1.54) is 38.5 Å². The van der Waals surface area contributed by atoms with Crippen LogP contribution in [-0.2, 0) is 6.42 Å². The normalized spacial score (nSPS) is 15.6. The van der Waals surface area contributed by atoms with Crippen LogP contribution in [0.25, 0.3) is 16.9 Å². The second-order valence-corrected chi connectivity index (χ2v) is 12.5. The number of carbonyl (C=O) groups is 1. The first-order chi connectivity index (χ1) is 20.3. The van der Waals surface area contributed by atoms with Crippen molar-refractivity contribution in [2.24, 2.45) is 17.6 Å². The van der Waals surface area contributed by atoms with Gasteiger partial charge in [0, 0.05) is 18.0 Å². The highest BCUT2D eigenvalue weighted by atomic mass is 19.1. The van der Waals surface area contributed by atoms with Crippen LogP contribution in [0.4, 0.5) is 4.39 Å². The van der Waals surface area contributed by atoms with Crippen LogP contribution < -0.4 is 5.73 Å². The number of Topliss-reactive ketones (excluding diaryl/α,β-unsaturated/α-hetero) is 1. The van der Waals surface area contributed by atoms with Crippen LogP contribution in [0.5, 0.6) is 0 Å². The van der Waals surface area contributed by atoms with Gasteiger partial charge in [0.15, 0.2) is 5.78 Å². The summed E-state index contributed by atoms with van der Waals surface area (Å²) in [5.41, 5.74) is 10.6. The molecule has 1 unspecified atom stereocenters. The Morgan fingerprint density at radius 3 is 2.50 bits per heavy atom. The lowest BCUT2D eigenvalue weighted by Crippen LogP contribution is -2.18. The molecule has 0 spiro atoms. The molecule has 4 rings (SSSR count). The summed E-state index contributed by atoms with van der Waals surface area (Å²) in [6.07, 6.45) is 13.9. The van der Waals surface area contributed by atoms with Crippen molar-refractivity contribution in [1.82, 2.24) is 9.78 Å². The zero-order valence-corrected chi connectivity index (χ0v) is 25.7. The molecule has 0 bridgehead atoms. The molecule has 2 aromatic carbocycles. The van der Waals surface area contributed by atoms with E-state index in [-0.39, 0.29) is 23.6 Å². The lowest BCUT2D eigenvalue weighted by Gasteiger charge is -2.15. The summed E-state index contributed by atoms with van der Waals surface area (Å²) >= 11 is 0. The Labute approximate surface area is 251 Å². The zero-order valence-electron chi connectivity index (χ0n) is 25.7. The summed E-state index contributed by atoms with van der Waals surface area (Å²) in [6.45, 7) is 6.09. The number of nitrogens with two attached hydrogens (primary N) is 1. The number of benzene rings is 2. The van der Waals surface area contributed by atoms with E-state index in [1.54, 1.807) is 28.9 Å². The largest absolute Gasteiger partial charge is 0.328 e. The third-order valence-corrected chi connectivity index (χ3v) is 8.96. The minimum Gasteiger partial charge on any atom is -0.328 e. The van der Waals surface area contributed by atoms with Gasteiger partial charge in [-0.15, -0.1) is 0 Å². The molecule has 42 heavy (non-hydrogen) atoms. The summed E-state index contributed by atoms with van der Waals surface area (Å²) in [4.78, 5) is 13.4. The van der Waals surface area contributed by atoms with E-state index in [0.29, 0.717) is 35.0 Å². The fourth-order valence-electron chi connectivity index (χ4n) is 6.23. The Balaban J connectivity index is 1.58. The number of nitriles is 1. The first-order valence-electron chi connectivity index (χ1n) is 16.0. The van der Waals surface area contributed by atoms with E-state index in [9.17, 15) is 10.1 Å². The van der Waals surface area contributed by atoms with Crippen molar-refractivity contribution in [3.63, 3.8) is 0 Å². The fraction of sp³-hybridized carbons (Fsp3) is 0.528. The third kappa shape index (κ3) is 8.38. The average Bonchev–Trinajstić information content (AvgIpc) is 3.26.